The highest BCUT2D eigenvalue weighted by Gasteiger charge is 2.00. The number of esters is 1. The van der Waals surface area contributed by atoms with Crippen LogP contribution in [0.5, 0.6) is 0 Å². The van der Waals surface area contributed by atoms with E-state index in [1.807, 2.05) is 13.0 Å². The van der Waals surface area contributed by atoms with Crippen molar-refractivity contribution in [3.05, 3.63) is 23.8 Å². The van der Waals surface area contributed by atoms with E-state index in [4.69, 9.17) is 4.74 Å². The van der Waals surface area contributed by atoms with Crippen molar-refractivity contribution in [3.63, 3.8) is 0 Å². The molecule has 0 unspecified atom stereocenters. The lowest BCUT2D eigenvalue weighted by molar-refractivity contribution is -0.137. The highest BCUT2D eigenvalue weighted by molar-refractivity contribution is 5.82. The van der Waals surface area contributed by atoms with Gasteiger partial charge in [0.25, 0.3) is 0 Å². The van der Waals surface area contributed by atoms with Crippen LogP contribution in [-0.4, -0.2) is 12.6 Å². The summed E-state index contributed by atoms with van der Waals surface area (Å²) in [4.78, 5) is 10.9. The molecule has 0 saturated heterocycles. The number of rotatable bonds is 3. The maximum absolute atomic E-state index is 10.9. The van der Waals surface area contributed by atoms with Crippen LogP contribution in [0.3, 0.4) is 0 Å². The predicted molar refractivity (Wildman–Crippen MR) is 52.3 cm³/mol. The lowest BCUT2D eigenvalue weighted by Crippen LogP contribution is -1.99. The monoisotopic (exact) mass is 180 g/mol. The molecule has 0 aliphatic heterocycles. The van der Waals surface area contributed by atoms with Gasteiger partial charge in [0.15, 0.2) is 0 Å². The highest BCUT2D eigenvalue weighted by atomic mass is 16.5. The fraction of sp³-hybridized carbons (Fsp3) is 0.545. The van der Waals surface area contributed by atoms with Gasteiger partial charge in [0.1, 0.15) is 0 Å². The van der Waals surface area contributed by atoms with Gasteiger partial charge in [-0.2, -0.15) is 0 Å². The van der Waals surface area contributed by atoms with E-state index in [-0.39, 0.29) is 5.97 Å². The molecule has 0 N–H and O–H groups in total. The first-order chi connectivity index (χ1) is 6.33. The van der Waals surface area contributed by atoms with E-state index in [2.05, 4.69) is 6.08 Å². The average molecular weight is 180 g/mol. The third-order valence-electron chi connectivity index (χ3n) is 2.05. The minimum absolute atomic E-state index is 0.242. The number of carbonyl (C=O) groups is 1. The lowest BCUT2D eigenvalue weighted by atomic mass is 9.99. The Hall–Kier alpha value is -1.05. The molecule has 13 heavy (non-hydrogen) atoms. The molecule has 0 radical (unpaired) electrons. The van der Waals surface area contributed by atoms with Crippen LogP contribution >= 0.6 is 0 Å². The molecule has 0 heterocycles. The Labute approximate surface area is 79.3 Å². The van der Waals surface area contributed by atoms with Gasteiger partial charge in [-0.15, -0.1) is 0 Å². The van der Waals surface area contributed by atoms with Crippen molar-refractivity contribution in [1.82, 2.24) is 0 Å². The topological polar surface area (TPSA) is 26.3 Å². The van der Waals surface area contributed by atoms with Gasteiger partial charge in [-0.3, -0.25) is 0 Å². The molecule has 72 valence electrons. The second-order valence-electron chi connectivity index (χ2n) is 3.11. The molecule has 0 amide bonds. The molecular weight excluding hydrogens is 164 g/mol. The highest BCUT2D eigenvalue weighted by Crippen LogP contribution is 2.17. The number of hydrogen-bond donors (Lipinski definition) is 0. The van der Waals surface area contributed by atoms with Crippen LogP contribution in [0, 0.1) is 0 Å². The van der Waals surface area contributed by atoms with Crippen molar-refractivity contribution in [1.29, 1.82) is 0 Å². The molecule has 0 aromatic rings. The zero-order valence-electron chi connectivity index (χ0n) is 8.08. The van der Waals surface area contributed by atoms with Crippen LogP contribution < -0.4 is 0 Å². The zero-order valence-corrected chi connectivity index (χ0v) is 8.08. The summed E-state index contributed by atoms with van der Waals surface area (Å²) in [5, 5.41) is 0. The van der Waals surface area contributed by atoms with Crippen molar-refractivity contribution in [2.24, 2.45) is 0 Å². The Morgan fingerprint density at radius 3 is 3.08 bits per heavy atom. The van der Waals surface area contributed by atoms with Gasteiger partial charge in [-0.1, -0.05) is 17.7 Å². The average Bonchev–Trinajstić information content (AvgIpc) is 2.17. The van der Waals surface area contributed by atoms with Crippen LogP contribution in [0.1, 0.15) is 32.6 Å². The van der Waals surface area contributed by atoms with E-state index < -0.39 is 0 Å². The smallest absolute Gasteiger partial charge is 0.330 e. The normalized spacial score (nSPS) is 17.2. The quantitative estimate of drug-likeness (QED) is 0.493. The Kier molecular flexibility index (Phi) is 4.30. The Morgan fingerprint density at radius 2 is 2.46 bits per heavy atom. The molecule has 0 atom stereocenters. The third-order valence-corrected chi connectivity index (χ3v) is 2.05. The molecule has 2 nitrogen and oxygen atoms in total. The van der Waals surface area contributed by atoms with Gasteiger partial charge in [-0.25, -0.2) is 4.79 Å². The molecule has 1 rings (SSSR count). The second kappa shape index (κ2) is 5.57. The molecule has 1 aliphatic rings. The van der Waals surface area contributed by atoms with E-state index in [0.29, 0.717) is 6.61 Å². The zero-order chi connectivity index (χ0) is 9.52. The molecule has 0 bridgehead atoms. The van der Waals surface area contributed by atoms with Crippen LogP contribution in [0.2, 0.25) is 0 Å². The van der Waals surface area contributed by atoms with E-state index in [1.165, 1.54) is 24.5 Å². The van der Waals surface area contributed by atoms with Crippen LogP contribution in [-0.2, 0) is 9.53 Å². The summed E-state index contributed by atoms with van der Waals surface area (Å²) >= 11 is 0. The predicted octanol–water partition coefficient (Wildman–Crippen LogP) is 2.61. The summed E-state index contributed by atoms with van der Waals surface area (Å²) in [6.07, 6.45) is 10.3. The maximum atomic E-state index is 10.9. The minimum atomic E-state index is -0.242. The number of ether oxygens (including phenoxy) is 1. The summed E-state index contributed by atoms with van der Waals surface area (Å²) < 4.78 is 4.78. The lowest BCUT2D eigenvalue weighted by Gasteiger charge is -2.07. The molecule has 0 aromatic carbocycles. The summed E-state index contributed by atoms with van der Waals surface area (Å²) in [6.45, 7) is 2.26. The van der Waals surface area contributed by atoms with Crippen molar-refractivity contribution < 1.29 is 9.53 Å². The van der Waals surface area contributed by atoms with Crippen molar-refractivity contribution in [3.8, 4) is 0 Å². The molecule has 0 spiro atoms. The van der Waals surface area contributed by atoms with Crippen LogP contribution in [0.25, 0.3) is 0 Å². The van der Waals surface area contributed by atoms with Gasteiger partial charge >= 0.3 is 5.97 Å². The minimum Gasteiger partial charge on any atom is -0.463 e. The first kappa shape index (κ1) is 10.0. The molecule has 2 heteroatoms. The summed E-state index contributed by atoms with van der Waals surface area (Å²) in [5.41, 5.74) is 1.26. The van der Waals surface area contributed by atoms with Gasteiger partial charge in [0.2, 0.25) is 0 Å². The van der Waals surface area contributed by atoms with Crippen LogP contribution in [0.4, 0.5) is 0 Å². The van der Waals surface area contributed by atoms with E-state index in [9.17, 15) is 4.79 Å². The second-order valence-corrected chi connectivity index (χ2v) is 3.11. The first-order valence-electron chi connectivity index (χ1n) is 4.87. The van der Waals surface area contributed by atoms with E-state index in [1.54, 1.807) is 0 Å². The largest absolute Gasteiger partial charge is 0.463 e. The first-order valence-corrected chi connectivity index (χ1v) is 4.87. The molecular formula is C11H16O2. The van der Waals surface area contributed by atoms with Gasteiger partial charge in [-0.05, 0) is 32.6 Å². The molecule has 0 saturated carbocycles. The number of carbonyl (C=O) groups excluding carboxylic acids is 1. The van der Waals surface area contributed by atoms with Crippen molar-refractivity contribution in [2.75, 3.05) is 6.61 Å². The van der Waals surface area contributed by atoms with Gasteiger partial charge in [0, 0.05) is 6.08 Å². The van der Waals surface area contributed by atoms with E-state index in [0.717, 1.165) is 12.8 Å². The van der Waals surface area contributed by atoms with Crippen molar-refractivity contribution in [2.45, 2.75) is 32.6 Å². The molecule has 1 aliphatic carbocycles. The Bertz CT molecular complexity index is 226. The van der Waals surface area contributed by atoms with Gasteiger partial charge < -0.3 is 4.74 Å². The Morgan fingerprint density at radius 1 is 1.62 bits per heavy atom. The Balaban J connectivity index is 2.37. The standard InChI is InChI=1S/C11H16O2/c1-2-13-11(12)9-8-10-6-4-3-5-7-10/h6,8-9H,2-5,7H2,1H3/b9-8+. The van der Waals surface area contributed by atoms with Gasteiger partial charge in [0.05, 0.1) is 6.61 Å². The SMILES string of the molecule is CCOC(=O)/C=C/C1=CCCCC1. The number of allylic oxidation sites excluding steroid dienone is 3. The summed E-state index contributed by atoms with van der Waals surface area (Å²) in [7, 11) is 0. The van der Waals surface area contributed by atoms with Crippen molar-refractivity contribution >= 4 is 5.97 Å². The fourth-order valence-corrected chi connectivity index (χ4v) is 1.38. The molecule has 0 fully saturated rings. The van der Waals surface area contributed by atoms with E-state index >= 15 is 0 Å². The summed E-state index contributed by atoms with van der Waals surface area (Å²) in [6, 6.07) is 0. The third kappa shape index (κ3) is 3.92. The maximum Gasteiger partial charge on any atom is 0.330 e. The van der Waals surface area contributed by atoms with Crippen LogP contribution in [0.15, 0.2) is 23.8 Å². The summed E-state index contributed by atoms with van der Waals surface area (Å²) in [5.74, 6) is -0.242. The fourth-order valence-electron chi connectivity index (χ4n) is 1.38. The molecule has 0 aromatic heterocycles. The number of hydrogen-bond acceptors (Lipinski definition) is 2.